The number of likely N-dealkylation sites (N-methyl/N-ethyl adjacent to an activating group) is 1. The van der Waals surface area contributed by atoms with Crippen molar-refractivity contribution in [1.82, 2.24) is 10.2 Å². The van der Waals surface area contributed by atoms with Crippen molar-refractivity contribution in [1.29, 1.82) is 0 Å². The van der Waals surface area contributed by atoms with Crippen molar-refractivity contribution in [2.75, 3.05) is 13.7 Å². The number of halogens is 1. The van der Waals surface area contributed by atoms with Crippen LogP contribution in [0.2, 0.25) is 5.02 Å². The van der Waals surface area contributed by atoms with E-state index in [0.717, 1.165) is 11.1 Å². The number of ether oxygens (including phenoxy) is 1. The van der Waals surface area contributed by atoms with E-state index in [1.54, 1.807) is 24.1 Å². The van der Waals surface area contributed by atoms with Crippen molar-refractivity contribution >= 4 is 23.4 Å². The lowest BCUT2D eigenvalue weighted by Gasteiger charge is -2.31. The fourth-order valence-corrected chi connectivity index (χ4v) is 3.81. The molecule has 0 bridgehead atoms. The maximum absolute atomic E-state index is 13.4. The molecule has 3 rings (SSSR count). The Balaban J connectivity index is 1.83. The Bertz CT molecular complexity index is 1070. The van der Waals surface area contributed by atoms with Crippen molar-refractivity contribution in [3.05, 3.63) is 101 Å². The topological polar surface area (TPSA) is 58.6 Å². The van der Waals surface area contributed by atoms with Gasteiger partial charge in [0, 0.05) is 25.0 Å². The highest BCUT2D eigenvalue weighted by atomic mass is 35.5. The van der Waals surface area contributed by atoms with Crippen LogP contribution in [0.3, 0.4) is 0 Å². The number of carbonyl (C=O) groups is 2. The normalized spacial score (nSPS) is 11.7. The van der Waals surface area contributed by atoms with Crippen LogP contribution >= 0.6 is 11.6 Å². The summed E-state index contributed by atoms with van der Waals surface area (Å²) in [6, 6.07) is 24.0. The van der Waals surface area contributed by atoms with E-state index in [9.17, 15) is 9.59 Å². The van der Waals surface area contributed by atoms with Gasteiger partial charge in [-0.1, -0.05) is 80.0 Å². The minimum absolute atomic E-state index is 0.170. The smallest absolute Gasteiger partial charge is 0.261 e. The second-order valence-corrected chi connectivity index (χ2v) is 8.92. The number of nitrogens with zero attached hydrogens (tertiary/aromatic N) is 1. The van der Waals surface area contributed by atoms with Crippen LogP contribution in [-0.4, -0.2) is 36.4 Å². The fraction of sp³-hybridized carbons (Fsp3) is 0.286. The van der Waals surface area contributed by atoms with E-state index in [4.69, 9.17) is 16.3 Å². The van der Waals surface area contributed by atoms with Gasteiger partial charge in [-0.15, -0.1) is 0 Å². The Labute approximate surface area is 206 Å². The molecule has 0 saturated heterocycles. The monoisotopic (exact) mass is 478 g/mol. The minimum atomic E-state index is -0.692. The molecule has 3 aromatic carbocycles. The van der Waals surface area contributed by atoms with Crippen molar-refractivity contribution in [3.8, 4) is 5.75 Å². The summed E-state index contributed by atoms with van der Waals surface area (Å²) in [4.78, 5) is 27.9. The molecule has 5 nitrogen and oxygen atoms in total. The number of carbonyl (C=O) groups excluding carboxylic acids is 2. The van der Waals surface area contributed by atoms with Gasteiger partial charge in [-0.3, -0.25) is 9.59 Å². The summed E-state index contributed by atoms with van der Waals surface area (Å²) in [5, 5.41) is 3.32. The molecule has 0 aromatic heterocycles. The zero-order valence-corrected chi connectivity index (χ0v) is 20.6. The molecule has 178 valence electrons. The maximum atomic E-state index is 13.4. The average molecular weight is 479 g/mol. The molecule has 0 unspecified atom stereocenters. The second-order valence-electron chi connectivity index (χ2n) is 8.48. The summed E-state index contributed by atoms with van der Waals surface area (Å²) >= 11 is 6.04. The number of benzene rings is 3. The number of nitrogens with one attached hydrogen (secondary N) is 1. The first kappa shape index (κ1) is 25.3. The summed E-state index contributed by atoms with van der Waals surface area (Å²) in [6.07, 6.45) is 0.392. The molecule has 0 fully saturated rings. The zero-order chi connectivity index (χ0) is 24.5. The van der Waals surface area contributed by atoms with Crippen LogP contribution in [0.4, 0.5) is 0 Å². The molecule has 0 radical (unpaired) electrons. The van der Waals surface area contributed by atoms with Crippen LogP contribution in [0.5, 0.6) is 5.75 Å². The van der Waals surface area contributed by atoms with E-state index >= 15 is 0 Å². The highest BCUT2D eigenvalue weighted by Gasteiger charge is 2.30. The van der Waals surface area contributed by atoms with Crippen LogP contribution in [0.15, 0.2) is 78.9 Å². The molecule has 3 aromatic rings. The number of amides is 2. The summed E-state index contributed by atoms with van der Waals surface area (Å²) in [5.41, 5.74) is 3.04. The van der Waals surface area contributed by atoms with Gasteiger partial charge in [-0.05, 0) is 46.9 Å². The van der Waals surface area contributed by atoms with Crippen LogP contribution < -0.4 is 10.1 Å². The van der Waals surface area contributed by atoms with Gasteiger partial charge in [0.1, 0.15) is 11.8 Å². The lowest BCUT2D eigenvalue weighted by Crippen LogP contribution is -2.51. The van der Waals surface area contributed by atoms with Crippen molar-refractivity contribution in [2.24, 2.45) is 0 Å². The number of hydrogen-bond acceptors (Lipinski definition) is 3. The van der Waals surface area contributed by atoms with Crippen LogP contribution in [0.25, 0.3) is 0 Å². The van der Waals surface area contributed by atoms with E-state index in [0.29, 0.717) is 23.1 Å². The van der Waals surface area contributed by atoms with Gasteiger partial charge in [0.2, 0.25) is 5.91 Å². The molecule has 0 aliphatic heterocycles. The molecule has 0 aliphatic carbocycles. The van der Waals surface area contributed by atoms with E-state index in [-0.39, 0.29) is 25.0 Å². The predicted octanol–water partition coefficient (Wildman–Crippen LogP) is 5.23. The SMILES string of the molecule is CNC(=O)[C@H](Cc1ccccc1)N(Cc1ccc(Cl)cc1)C(=O)COc1ccc(C(C)C)cc1. The fourth-order valence-electron chi connectivity index (χ4n) is 3.68. The van der Waals surface area contributed by atoms with Gasteiger partial charge in [-0.2, -0.15) is 0 Å². The molecular formula is C28H31ClN2O3. The molecule has 0 saturated carbocycles. The van der Waals surface area contributed by atoms with Crippen LogP contribution in [-0.2, 0) is 22.6 Å². The lowest BCUT2D eigenvalue weighted by molar-refractivity contribution is -0.142. The summed E-state index contributed by atoms with van der Waals surface area (Å²) in [7, 11) is 1.58. The predicted molar refractivity (Wildman–Crippen MR) is 136 cm³/mol. The van der Waals surface area contributed by atoms with E-state index < -0.39 is 6.04 Å². The van der Waals surface area contributed by atoms with Crippen molar-refractivity contribution in [2.45, 2.75) is 38.8 Å². The molecular weight excluding hydrogens is 448 g/mol. The quantitative estimate of drug-likeness (QED) is 0.434. The van der Waals surface area contributed by atoms with Crippen molar-refractivity contribution in [3.63, 3.8) is 0 Å². The van der Waals surface area contributed by atoms with E-state index in [2.05, 4.69) is 19.2 Å². The second kappa shape index (κ2) is 12.2. The van der Waals surface area contributed by atoms with Crippen molar-refractivity contribution < 1.29 is 14.3 Å². The van der Waals surface area contributed by atoms with Gasteiger partial charge in [0.05, 0.1) is 0 Å². The lowest BCUT2D eigenvalue weighted by atomic mass is 10.0. The van der Waals surface area contributed by atoms with Gasteiger partial charge in [0.15, 0.2) is 6.61 Å². The van der Waals surface area contributed by atoms with Crippen LogP contribution in [0.1, 0.15) is 36.5 Å². The van der Waals surface area contributed by atoms with Gasteiger partial charge < -0.3 is 15.0 Å². The summed E-state index contributed by atoms with van der Waals surface area (Å²) in [5.74, 6) is 0.528. The van der Waals surface area contributed by atoms with Crippen LogP contribution in [0, 0.1) is 0 Å². The van der Waals surface area contributed by atoms with E-state index in [1.165, 1.54) is 5.56 Å². The molecule has 2 amide bonds. The molecule has 0 aliphatic rings. The van der Waals surface area contributed by atoms with E-state index in [1.807, 2.05) is 66.7 Å². The maximum Gasteiger partial charge on any atom is 0.261 e. The highest BCUT2D eigenvalue weighted by Crippen LogP contribution is 2.20. The minimum Gasteiger partial charge on any atom is -0.484 e. The summed E-state index contributed by atoms with van der Waals surface area (Å²) < 4.78 is 5.81. The standard InChI is InChI=1S/C28H31ClN2O3/c1-20(2)23-11-15-25(16-12-23)34-19-27(32)31(18-22-9-13-24(29)14-10-22)26(28(33)30-3)17-21-7-5-4-6-8-21/h4-16,20,26H,17-19H2,1-3H3,(H,30,33)/t26-/m0/s1. The van der Waals surface area contributed by atoms with Gasteiger partial charge in [0.25, 0.3) is 5.91 Å². The highest BCUT2D eigenvalue weighted by molar-refractivity contribution is 6.30. The largest absolute Gasteiger partial charge is 0.484 e. The molecule has 1 N–H and O–H groups in total. The third-order valence-electron chi connectivity index (χ3n) is 5.69. The first-order valence-corrected chi connectivity index (χ1v) is 11.8. The number of rotatable bonds is 10. The Hall–Kier alpha value is -3.31. The average Bonchev–Trinajstić information content (AvgIpc) is 2.86. The third kappa shape index (κ3) is 7.09. The Kier molecular flexibility index (Phi) is 9.11. The third-order valence-corrected chi connectivity index (χ3v) is 5.94. The molecule has 34 heavy (non-hydrogen) atoms. The zero-order valence-electron chi connectivity index (χ0n) is 19.8. The molecule has 1 atom stereocenters. The van der Waals surface area contributed by atoms with Gasteiger partial charge in [-0.25, -0.2) is 0 Å². The Morgan fingerprint density at radius 1 is 0.912 bits per heavy atom. The first-order chi connectivity index (χ1) is 16.4. The van der Waals surface area contributed by atoms with Gasteiger partial charge >= 0.3 is 0 Å². The molecule has 0 spiro atoms. The molecule has 0 heterocycles. The first-order valence-electron chi connectivity index (χ1n) is 11.4. The summed E-state index contributed by atoms with van der Waals surface area (Å²) in [6.45, 7) is 4.34. The Morgan fingerprint density at radius 2 is 1.56 bits per heavy atom. The number of hydrogen-bond donors (Lipinski definition) is 1. The Morgan fingerprint density at radius 3 is 2.15 bits per heavy atom. The molecule has 6 heteroatoms.